The van der Waals surface area contributed by atoms with Gasteiger partial charge in [0.25, 0.3) is 0 Å². The predicted molar refractivity (Wildman–Crippen MR) is 128 cm³/mol. The zero-order valence-electron chi connectivity index (χ0n) is 18.8. The van der Waals surface area contributed by atoms with Gasteiger partial charge in [0, 0.05) is 11.8 Å². The number of halogens is 5. The largest absolute Gasteiger partial charge is 0.433 e. The highest BCUT2D eigenvalue weighted by Gasteiger charge is 2.35. The summed E-state index contributed by atoms with van der Waals surface area (Å²) in [6.45, 7) is 13.5. The van der Waals surface area contributed by atoms with Crippen molar-refractivity contribution in [2.24, 2.45) is 0 Å². The maximum absolute atomic E-state index is 12.9. The molecule has 3 rings (SSSR count). The third kappa shape index (κ3) is 8.34. The first-order valence-corrected chi connectivity index (χ1v) is 11.0. The summed E-state index contributed by atoms with van der Waals surface area (Å²) in [5.41, 5.74) is 3.93. The molecule has 0 N–H and O–H groups in total. The molecule has 6 heteroatoms. The van der Waals surface area contributed by atoms with Crippen molar-refractivity contribution >= 4 is 34.3 Å². The molecule has 0 saturated heterocycles. The summed E-state index contributed by atoms with van der Waals surface area (Å²) < 4.78 is 38.6. The van der Waals surface area contributed by atoms with E-state index in [9.17, 15) is 13.2 Å². The van der Waals surface area contributed by atoms with Crippen LogP contribution in [0.4, 0.5) is 13.2 Å². The van der Waals surface area contributed by atoms with Crippen LogP contribution in [-0.4, -0.2) is 4.98 Å². The van der Waals surface area contributed by atoms with Crippen LogP contribution < -0.4 is 0 Å². The van der Waals surface area contributed by atoms with Crippen LogP contribution in [0, 0.1) is 6.92 Å². The molecule has 0 amide bonds. The number of nitrogens with zero attached hydrogens (tertiary/aromatic N) is 1. The Balaban J connectivity index is 0.000000333. The van der Waals surface area contributed by atoms with Gasteiger partial charge in [-0.2, -0.15) is 13.2 Å². The molecule has 0 spiro atoms. The average Bonchev–Trinajstić information content (AvgIpc) is 3.11. The molecule has 0 radical (unpaired) electrons. The van der Waals surface area contributed by atoms with Gasteiger partial charge in [0.1, 0.15) is 0 Å². The van der Waals surface area contributed by atoms with Gasteiger partial charge >= 0.3 is 6.18 Å². The Hall–Kier alpha value is -1.78. The third-order valence-corrected chi connectivity index (χ3v) is 5.27. The topological polar surface area (TPSA) is 12.9 Å². The summed E-state index contributed by atoms with van der Waals surface area (Å²) in [5.74, 6) is 0. The molecule has 31 heavy (non-hydrogen) atoms. The Morgan fingerprint density at radius 1 is 1.06 bits per heavy atom. The lowest BCUT2D eigenvalue weighted by atomic mass is 9.98. The number of benzene rings is 1. The second-order valence-electron chi connectivity index (χ2n) is 7.64. The Labute approximate surface area is 194 Å². The second kappa shape index (κ2) is 12.3. The maximum atomic E-state index is 12.9. The SMILES string of the molecule is C=C(C)c1cc(C2=C(C)CCC2)cnc1C(F)(F)F.CCC.Cc1ccc(Cl)c(Cl)c1. The number of aryl methyl sites for hydroxylation is 1. The van der Waals surface area contributed by atoms with E-state index in [1.54, 1.807) is 19.1 Å². The van der Waals surface area contributed by atoms with E-state index in [-0.39, 0.29) is 5.56 Å². The number of allylic oxidation sites excluding steroid dienone is 3. The van der Waals surface area contributed by atoms with Crippen molar-refractivity contribution in [3.05, 3.63) is 75.0 Å². The van der Waals surface area contributed by atoms with Crippen molar-refractivity contribution in [2.45, 2.75) is 66.5 Å². The van der Waals surface area contributed by atoms with Crippen molar-refractivity contribution in [1.82, 2.24) is 4.98 Å². The summed E-state index contributed by atoms with van der Waals surface area (Å²) >= 11 is 11.3. The molecule has 0 unspecified atom stereocenters. The molecule has 1 heterocycles. The van der Waals surface area contributed by atoms with Crippen LogP contribution in [0.5, 0.6) is 0 Å². The van der Waals surface area contributed by atoms with Gasteiger partial charge < -0.3 is 0 Å². The lowest BCUT2D eigenvalue weighted by molar-refractivity contribution is -0.141. The molecule has 1 aliphatic carbocycles. The number of hydrogen-bond donors (Lipinski definition) is 0. The quantitative estimate of drug-likeness (QED) is 0.424. The van der Waals surface area contributed by atoms with E-state index in [0.717, 1.165) is 36.0 Å². The van der Waals surface area contributed by atoms with Gasteiger partial charge in [0.15, 0.2) is 5.69 Å². The minimum absolute atomic E-state index is 0.0946. The highest BCUT2D eigenvalue weighted by atomic mass is 35.5. The molecule has 2 aromatic rings. The summed E-state index contributed by atoms with van der Waals surface area (Å²) in [4.78, 5) is 3.63. The normalized spacial score (nSPS) is 13.2. The fraction of sp³-hybridized carbons (Fsp3) is 0.400. The van der Waals surface area contributed by atoms with Gasteiger partial charge in [-0.05, 0) is 80.5 Å². The molecule has 1 nitrogen and oxygen atoms in total. The third-order valence-electron chi connectivity index (χ3n) is 4.53. The monoisotopic (exact) mass is 471 g/mol. The minimum Gasteiger partial charge on any atom is -0.251 e. The fourth-order valence-corrected chi connectivity index (χ4v) is 3.42. The highest BCUT2D eigenvalue weighted by molar-refractivity contribution is 6.42. The first-order chi connectivity index (χ1) is 14.4. The van der Waals surface area contributed by atoms with E-state index in [2.05, 4.69) is 25.4 Å². The Morgan fingerprint density at radius 2 is 1.68 bits per heavy atom. The van der Waals surface area contributed by atoms with Crippen LogP contribution in [0.1, 0.15) is 75.8 Å². The summed E-state index contributed by atoms with van der Waals surface area (Å²) in [6.07, 6.45) is 1.13. The first-order valence-electron chi connectivity index (χ1n) is 10.3. The number of pyridine rings is 1. The maximum Gasteiger partial charge on any atom is 0.433 e. The number of aromatic nitrogens is 1. The van der Waals surface area contributed by atoms with E-state index >= 15 is 0 Å². The zero-order chi connectivity index (χ0) is 23.8. The van der Waals surface area contributed by atoms with Crippen LogP contribution in [-0.2, 0) is 6.18 Å². The summed E-state index contributed by atoms with van der Waals surface area (Å²) in [6, 6.07) is 7.12. The highest BCUT2D eigenvalue weighted by Crippen LogP contribution is 2.37. The van der Waals surface area contributed by atoms with E-state index in [1.165, 1.54) is 18.2 Å². The molecule has 0 atom stereocenters. The minimum atomic E-state index is -4.44. The fourth-order valence-electron chi connectivity index (χ4n) is 3.07. The number of rotatable bonds is 2. The molecule has 0 saturated carbocycles. The molecule has 1 aromatic heterocycles. The zero-order valence-corrected chi connectivity index (χ0v) is 20.3. The van der Waals surface area contributed by atoms with Gasteiger partial charge in [-0.1, -0.05) is 61.7 Å². The van der Waals surface area contributed by atoms with E-state index in [1.807, 2.05) is 26.0 Å². The van der Waals surface area contributed by atoms with Gasteiger partial charge in [-0.25, -0.2) is 0 Å². The van der Waals surface area contributed by atoms with Crippen molar-refractivity contribution in [3.8, 4) is 0 Å². The van der Waals surface area contributed by atoms with E-state index in [0.29, 0.717) is 15.6 Å². The van der Waals surface area contributed by atoms with Crippen LogP contribution in [0.15, 0.2) is 42.6 Å². The Bertz CT molecular complexity index is 931. The molecule has 1 aromatic carbocycles. The summed E-state index contributed by atoms with van der Waals surface area (Å²) in [7, 11) is 0. The predicted octanol–water partition coefficient (Wildman–Crippen LogP) is 9.81. The van der Waals surface area contributed by atoms with Crippen LogP contribution in [0.2, 0.25) is 10.0 Å². The summed E-state index contributed by atoms with van der Waals surface area (Å²) in [5, 5.41) is 1.24. The molecular formula is C25H30Cl2F3N. The van der Waals surface area contributed by atoms with Gasteiger partial charge in [-0.15, -0.1) is 0 Å². The lowest BCUT2D eigenvalue weighted by Gasteiger charge is -2.14. The van der Waals surface area contributed by atoms with E-state index in [4.69, 9.17) is 23.2 Å². The molecule has 0 aliphatic heterocycles. The standard InChI is InChI=1S/C15H16F3N.C7H6Cl2.C3H8/c1-9(2)13-7-11(12-6-4-5-10(12)3)8-19-14(13)15(16,17)18;1-5-2-3-6(8)7(9)4-5;1-3-2/h7-8H,1,4-6H2,2-3H3;2-4H,1H3;3H2,1-2H3. The van der Waals surface area contributed by atoms with Crippen molar-refractivity contribution < 1.29 is 13.2 Å². The first kappa shape index (κ1) is 27.3. The average molecular weight is 472 g/mol. The smallest absolute Gasteiger partial charge is 0.251 e. The Kier molecular flexibility index (Phi) is 10.8. The molecular weight excluding hydrogens is 442 g/mol. The number of alkyl halides is 3. The lowest BCUT2D eigenvalue weighted by Crippen LogP contribution is -2.11. The Morgan fingerprint density at radius 3 is 2.10 bits per heavy atom. The van der Waals surface area contributed by atoms with Gasteiger partial charge in [0.2, 0.25) is 0 Å². The van der Waals surface area contributed by atoms with Crippen LogP contribution in [0.3, 0.4) is 0 Å². The molecule has 0 fully saturated rings. The van der Waals surface area contributed by atoms with Gasteiger partial charge in [0.05, 0.1) is 10.0 Å². The van der Waals surface area contributed by atoms with Crippen molar-refractivity contribution in [3.63, 3.8) is 0 Å². The van der Waals surface area contributed by atoms with Crippen molar-refractivity contribution in [2.75, 3.05) is 0 Å². The van der Waals surface area contributed by atoms with Crippen LogP contribution in [0.25, 0.3) is 11.1 Å². The molecule has 0 bridgehead atoms. The second-order valence-corrected chi connectivity index (χ2v) is 8.45. The van der Waals surface area contributed by atoms with Crippen molar-refractivity contribution in [1.29, 1.82) is 0 Å². The van der Waals surface area contributed by atoms with Gasteiger partial charge in [-0.3, -0.25) is 4.98 Å². The number of hydrogen-bond acceptors (Lipinski definition) is 1. The molecule has 1 aliphatic rings. The molecule has 170 valence electrons. The van der Waals surface area contributed by atoms with Crippen LogP contribution >= 0.6 is 23.2 Å². The van der Waals surface area contributed by atoms with E-state index < -0.39 is 11.9 Å².